The standard InChI is InChI=1S/C52H84N2O13/c1-31-17-13-12-14-18-32(2)42(61-7)29-38-22-20-36(6)52(60,67-38)49(57)50(58)54-24-16-15-19-40(54)51(59)66-44(39(53)27-37-21-23-41(55)45(28-37)63-9)30-43(62-8)33(3)26-35(5)47(64-10)48(65-11)46(56)34(4)25-31/h12-14,17-18,26,31,33-34,36-45,47-48,55,60H,15-16,19-25,27-30,53H2,1-11H3/b14-12+,17-13+,32-18+,35-26+/t31-,33-,34-,36-,37+,38+,39-,40+,41-,42+,43-,44+,45-,47-,48+,52-/m1/s1. The Bertz CT molecular complexity index is 1750. The van der Waals surface area contributed by atoms with E-state index in [4.69, 9.17) is 38.9 Å². The molecule has 1 saturated carbocycles. The van der Waals surface area contributed by atoms with Crippen LogP contribution in [-0.4, -0.2) is 147 Å². The van der Waals surface area contributed by atoms with E-state index >= 15 is 0 Å². The Morgan fingerprint density at radius 1 is 0.791 bits per heavy atom. The van der Waals surface area contributed by atoms with Crippen LogP contribution >= 0.6 is 0 Å². The fourth-order valence-electron chi connectivity index (χ4n) is 10.6. The van der Waals surface area contributed by atoms with E-state index in [0.29, 0.717) is 64.2 Å². The van der Waals surface area contributed by atoms with Crippen molar-refractivity contribution >= 4 is 23.4 Å². The summed E-state index contributed by atoms with van der Waals surface area (Å²) in [4.78, 5) is 58.3. The highest BCUT2D eigenvalue weighted by atomic mass is 16.6. The molecule has 0 unspecified atom stereocenters. The molecule has 0 spiro atoms. The second-order valence-electron chi connectivity index (χ2n) is 19.9. The van der Waals surface area contributed by atoms with Crippen molar-refractivity contribution in [2.45, 2.75) is 185 Å². The number of hydrogen-bond acceptors (Lipinski definition) is 14. The molecule has 15 nitrogen and oxygen atoms in total. The number of fused-ring (bicyclic) bond motifs is 3. The van der Waals surface area contributed by atoms with Crippen LogP contribution in [-0.2, 0) is 52.3 Å². The number of allylic oxidation sites excluding steroid dienone is 5. The Morgan fingerprint density at radius 3 is 2.15 bits per heavy atom. The molecular formula is C52H84N2O13. The van der Waals surface area contributed by atoms with Crippen molar-refractivity contribution in [3.05, 3.63) is 47.6 Å². The van der Waals surface area contributed by atoms with Crippen LogP contribution in [0, 0.1) is 29.6 Å². The fourth-order valence-corrected chi connectivity index (χ4v) is 10.6. The number of aliphatic hydroxyl groups is 2. The van der Waals surface area contributed by atoms with E-state index in [-0.39, 0.29) is 54.9 Å². The number of Topliss-reactive ketones (excluding diaryl/α,β-unsaturated/α-hetero) is 2. The molecule has 67 heavy (non-hydrogen) atoms. The first-order valence-corrected chi connectivity index (χ1v) is 24.6. The quantitative estimate of drug-likeness (QED) is 0.146. The van der Waals surface area contributed by atoms with E-state index in [0.717, 1.165) is 11.1 Å². The zero-order valence-corrected chi connectivity index (χ0v) is 42.2. The van der Waals surface area contributed by atoms with Crippen LogP contribution in [0.3, 0.4) is 0 Å². The molecule has 3 aliphatic heterocycles. The number of esters is 1. The van der Waals surface area contributed by atoms with Crippen molar-refractivity contribution in [3.63, 3.8) is 0 Å². The molecular weight excluding hydrogens is 861 g/mol. The number of cyclic esters (lactones) is 1. The summed E-state index contributed by atoms with van der Waals surface area (Å²) < 4.78 is 41.9. The van der Waals surface area contributed by atoms with Crippen molar-refractivity contribution < 1.29 is 62.5 Å². The van der Waals surface area contributed by atoms with Crippen LogP contribution in [0.1, 0.15) is 119 Å². The minimum absolute atomic E-state index is 0.0716. The van der Waals surface area contributed by atoms with E-state index in [9.17, 15) is 29.4 Å². The Morgan fingerprint density at radius 2 is 1.49 bits per heavy atom. The number of piperidine rings is 1. The van der Waals surface area contributed by atoms with Gasteiger partial charge in [0.1, 0.15) is 24.4 Å². The van der Waals surface area contributed by atoms with Crippen LogP contribution in [0.2, 0.25) is 0 Å². The molecule has 4 aliphatic rings. The van der Waals surface area contributed by atoms with Gasteiger partial charge in [-0.2, -0.15) is 0 Å². The molecule has 0 radical (unpaired) electrons. The summed E-state index contributed by atoms with van der Waals surface area (Å²) in [5.74, 6) is -6.46. The molecule has 3 heterocycles. The topological polar surface area (TPSA) is 203 Å². The molecule has 380 valence electrons. The van der Waals surface area contributed by atoms with E-state index in [1.807, 2.05) is 58.1 Å². The molecule has 15 heteroatoms. The summed E-state index contributed by atoms with van der Waals surface area (Å²) in [5, 5.41) is 22.5. The average Bonchev–Trinajstić information content (AvgIpc) is 3.31. The first-order chi connectivity index (χ1) is 31.8. The molecule has 2 bridgehead atoms. The van der Waals surface area contributed by atoms with Crippen molar-refractivity contribution in [2.75, 3.05) is 42.1 Å². The van der Waals surface area contributed by atoms with Gasteiger partial charge in [-0.05, 0) is 101 Å². The number of nitrogens with two attached hydrogens (primary N) is 1. The van der Waals surface area contributed by atoms with Gasteiger partial charge < -0.3 is 54.0 Å². The fraction of sp³-hybridized carbons (Fsp3) is 0.769. The second kappa shape index (κ2) is 26.7. The first-order valence-electron chi connectivity index (χ1n) is 24.6. The summed E-state index contributed by atoms with van der Waals surface area (Å²) in [5.41, 5.74) is 8.69. The Hall–Kier alpha value is -3.12. The summed E-state index contributed by atoms with van der Waals surface area (Å²) in [6.07, 6.45) is 12.6. The SMILES string of the molecule is CO[C@H]1C[C@@H]2CC[C@@H](C)[C@@](O)(O2)C(=O)C(=O)N2CCCC[C@H]2C(=O)O[C@H]([C@H](N)C[C@@H]2CC[C@@H](O)[C@H](OC)C2)C[C@@H](OC)[C@H](C)/C=C(\C)[C@@H](OC)[C@@H](OC)C(=O)[C@H](C)C[C@H](C)/C=C/C=C/C=C/1C. The van der Waals surface area contributed by atoms with Crippen LogP contribution in [0.25, 0.3) is 0 Å². The zero-order valence-electron chi connectivity index (χ0n) is 42.2. The molecule has 2 saturated heterocycles. The molecule has 3 fully saturated rings. The third kappa shape index (κ3) is 14.9. The molecule has 4 rings (SSSR count). The van der Waals surface area contributed by atoms with Gasteiger partial charge in [-0.1, -0.05) is 64.2 Å². The van der Waals surface area contributed by atoms with Crippen LogP contribution in [0.5, 0.6) is 0 Å². The second-order valence-corrected chi connectivity index (χ2v) is 19.9. The lowest BCUT2D eigenvalue weighted by Gasteiger charge is -2.43. The highest BCUT2D eigenvalue weighted by Crippen LogP contribution is 2.37. The third-order valence-electron chi connectivity index (χ3n) is 14.9. The van der Waals surface area contributed by atoms with Gasteiger partial charge >= 0.3 is 5.97 Å². The van der Waals surface area contributed by atoms with E-state index in [1.54, 1.807) is 35.4 Å². The number of rotatable bonds is 8. The number of aliphatic hydroxyl groups excluding tert-OH is 1. The smallest absolute Gasteiger partial charge is 0.329 e. The highest BCUT2D eigenvalue weighted by molar-refractivity contribution is 6.39. The maximum atomic E-state index is 14.5. The minimum Gasteiger partial charge on any atom is -0.459 e. The van der Waals surface area contributed by atoms with Gasteiger partial charge in [-0.25, -0.2) is 4.79 Å². The van der Waals surface area contributed by atoms with E-state index in [2.05, 4.69) is 13.0 Å². The van der Waals surface area contributed by atoms with Gasteiger partial charge in [0, 0.05) is 78.7 Å². The highest BCUT2D eigenvalue weighted by Gasteiger charge is 2.53. The number of methoxy groups -OCH3 is 5. The summed E-state index contributed by atoms with van der Waals surface area (Å²) in [6, 6.07) is -1.78. The summed E-state index contributed by atoms with van der Waals surface area (Å²) in [7, 11) is 7.82. The lowest BCUT2D eigenvalue weighted by atomic mass is 9.80. The Labute approximate surface area is 400 Å². The van der Waals surface area contributed by atoms with Crippen LogP contribution in [0.15, 0.2) is 47.6 Å². The Balaban J connectivity index is 1.74. The maximum absolute atomic E-state index is 14.5. The lowest BCUT2D eigenvalue weighted by Crippen LogP contribution is -2.61. The summed E-state index contributed by atoms with van der Waals surface area (Å²) in [6.45, 7) is 11.6. The van der Waals surface area contributed by atoms with Crippen molar-refractivity contribution in [1.29, 1.82) is 0 Å². The number of amides is 1. The number of hydrogen-bond donors (Lipinski definition) is 3. The van der Waals surface area contributed by atoms with Crippen LogP contribution < -0.4 is 5.73 Å². The van der Waals surface area contributed by atoms with Gasteiger partial charge in [0.2, 0.25) is 5.79 Å². The average molecular weight is 945 g/mol. The predicted octanol–water partition coefficient (Wildman–Crippen LogP) is 5.97. The largest absolute Gasteiger partial charge is 0.459 e. The van der Waals surface area contributed by atoms with Gasteiger partial charge in [-0.3, -0.25) is 14.4 Å². The normalized spacial score (nSPS) is 40.7. The Kier molecular flexibility index (Phi) is 22.5. The van der Waals surface area contributed by atoms with Crippen molar-refractivity contribution in [2.24, 2.45) is 35.3 Å². The number of carbonyl (C=O) groups excluding carboxylic acids is 4. The van der Waals surface area contributed by atoms with E-state index < -0.39 is 84.2 Å². The number of carbonyl (C=O) groups is 4. The van der Waals surface area contributed by atoms with Gasteiger partial charge in [-0.15, -0.1) is 0 Å². The maximum Gasteiger partial charge on any atom is 0.329 e. The predicted molar refractivity (Wildman–Crippen MR) is 255 cm³/mol. The third-order valence-corrected chi connectivity index (χ3v) is 14.9. The van der Waals surface area contributed by atoms with Gasteiger partial charge in [0.25, 0.3) is 11.7 Å². The lowest BCUT2D eigenvalue weighted by molar-refractivity contribution is -0.265. The van der Waals surface area contributed by atoms with Gasteiger partial charge in [0.05, 0.1) is 30.5 Å². The first kappa shape index (κ1) is 56.5. The monoisotopic (exact) mass is 945 g/mol. The minimum atomic E-state index is -2.41. The number of ketones is 2. The summed E-state index contributed by atoms with van der Waals surface area (Å²) >= 11 is 0. The van der Waals surface area contributed by atoms with Crippen LogP contribution in [0.4, 0.5) is 0 Å². The van der Waals surface area contributed by atoms with Crippen molar-refractivity contribution in [1.82, 2.24) is 4.90 Å². The van der Waals surface area contributed by atoms with Crippen molar-refractivity contribution in [3.8, 4) is 0 Å². The molecule has 16 atom stereocenters. The molecule has 1 amide bonds. The number of ether oxygens (including phenoxy) is 7. The molecule has 1 aliphatic carbocycles. The number of nitrogens with zero attached hydrogens (tertiary/aromatic N) is 1. The zero-order chi connectivity index (χ0) is 49.6. The van der Waals surface area contributed by atoms with Gasteiger partial charge in [0.15, 0.2) is 5.78 Å². The molecule has 0 aromatic carbocycles. The molecule has 4 N–H and O–H groups in total. The molecule has 0 aromatic heterocycles. The van der Waals surface area contributed by atoms with E-state index in [1.165, 1.54) is 12.0 Å². The molecule has 0 aromatic rings.